The van der Waals surface area contributed by atoms with Gasteiger partial charge in [0.2, 0.25) is 0 Å². The maximum atomic E-state index is 11.7. The van der Waals surface area contributed by atoms with Crippen molar-refractivity contribution < 1.29 is 14.3 Å². The van der Waals surface area contributed by atoms with Crippen LogP contribution in [0.4, 0.5) is 0 Å². The van der Waals surface area contributed by atoms with E-state index in [0.29, 0.717) is 5.56 Å². The lowest BCUT2D eigenvalue weighted by molar-refractivity contribution is -0.123. The molecule has 0 aliphatic heterocycles. The summed E-state index contributed by atoms with van der Waals surface area (Å²) in [4.78, 5) is 22.0. The van der Waals surface area contributed by atoms with Gasteiger partial charge in [-0.25, -0.2) is 4.79 Å². The van der Waals surface area contributed by atoms with E-state index in [1.54, 1.807) is 12.1 Å². The number of carbonyl (C=O) groups is 2. The molecule has 0 N–H and O–H groups in total. The van der Waals surface area contributed by atoms with Crippen molar-refractivity contribution in [1.29, 1.82) is 0 Å². The van der Waals surface area contributed by atoms with Crippen molar-refractivity contribution >= 4 is 12.4 Å². The van der Waals surface area contributed by atoms with Crippen LogP contribution in [-0.4, -0.2) is 12.4 Å². The van der Waals surface area contributed by atoms with Gasteiger partial charge in [-0.2, -0.15) is 0 Å². The lowest BCUT2D eigenvalue weighted by Gasteiger charge is -2.09. The molecule has 3 heteroatoms. The number of esters is 1. The summed E-state index contributed by atoms with van der Waals surface area (Å²) >= 11 is 0. The molecule has 90 valence electrons. The van der Waals surface area contributed by atoms with Gasteiger partial charge in [-0.3, -0.25) is 4.79 Å². The Balaban J connectivity index is 2.55. The normalized spacial score (nSPS) is 9.83. The van der Waals surface area contributed by atoms with Crippen LogP contribution in [0.3, 0.4) is 0 Å². The quantitative estimate of drug-likeness (QED) is 0.470. The van der Waals surface area contributed by atoms with E-state index in [4.69, 9.17) is 0 Å². The van der Waals surface area contributed by atoms with E-state index in [2.05, 4.69) is 4.74 Å². The second-order valence-electron chi connectivity index (χ2n) is 3.86. The monoisotopic (exact) mass is 240 g/mol. The first-order valence-corrected chi connectivity index (χ1v) is 5.53. The van der Waals surface area contributed by atoms with Crippen molar-refractivity contribution in [3.05, 3.63) is 59.7 Å². The minimum absolute atomic E-state index is 0.150. The summed E-state index contributed by atoms with van der Waals surface area (Å²) in [6.07, 6.45) is 0. The van der Waals surface area contributed by atoms with Crippen LogP contribution in [0.15, 0.2) is 48.5 Å². The predicted molar refractivity (Wildman–Crippen MR) is 68.1 cm³/mol. The van der Waals surface area contributed by atoms with Crippen LogP contribution >= 0.6 is 0 Å². The second kappa shape index (κ2) is 5.27. The average Bonchev–Trinajstić information content (AvgIpc) is 2.40. The number of carbonyl (C=O) groups excluding carboxylic acids is 2. The maximum absolute atomic E-state index is 11.7. The number of hydrogen-bond donors (Lipinski definition) is 0. The van der Waals surface area contributed by atoms with Gasteiger partial charge in [0.05, 0.1) is 5.56 Å². The summed E-state index contributed by atoms with van der Waals surface area (Å²) in [6, 6.07) is 14.8. The third-order valence-electron chi connectivity index (χ3n) is 2.74. The fourth-order valence-electron chi connectivity index (χ4n) is 1.88. The van der Waals surface area contributed by atoms with Crippen LogP contribution < -0.4 is 0 Å². The Morgan fingerprint density at radius 2 is 1.61 bits per heavy atom. The first-order valence-electron chi connectivity index (χ1n) is 5.53. The minimum Gasteiger partial charge on any atom is -0.392 e. The Bertz CT molecular complexity index is 588. The van der Waals surface area contributed by atoms with Gasteiger partial charge < -0.3 is 4.74 Å². The predicted octanol–water partition coefficient (Wildman–Crippen LogP) is 2.98. The molecule has 0 amide bonds. The Kier molecular flexibility index (Phi) is 3.53. The molecule has 2 aromatic carbocycles. The SMILES string of the molecule is Cc1ccccc1-c1ccccc1C(=O)OC=O. The lowest BCUT2D eigenvalue weighted by Crippen LogP contribution is -2.05. The Morgan fingerprint density at radius 3 is 2.28 bits per heavy atom. The molecular weight excluding hydrogens is 228 g/mol. The van der Waals surface area contributed by atoms with Crippen molar-refractivity contribution in [2.75, 3.05) is 0 Å². The van der Waals surface area contributed by atoms with E-state index in [9.17, 15) is 9.59 Å². The first kappa shape index (κ1) is 12.0. The molecule has 0 aliphatic rings. The van der Waals surface area contributed by atoms with Crippen LogP contribution in [-0.2, 0) is 9.53 Å². The summed E-state index contributed by atoms with van der Waals surface area (Å²) in [7, 11) is 0. The average molecular weight is 240 g/mol. The summed E-state index contributed by atoms with van der Waals surface area (Å²) < 4.78 is 4.41. The molecular formula is C15H12O3. The van der Waals surface area contributed by atoms with Crippen LogP contribution in [0.2, 0.25) is 0 Å². The summed E-state index contributed by atoms with van der Waals surface area (Å²) in [5, 5.41) is 0. The molecule has 0 atom stereocenters. The van der Waals surface area contributed by atoms with E-state index in [1.807, 2.05) is 43.3 Å². The molecule has 18 heavy (non-hydrogen) atoms. The molecule has 0 aromatic heterocycles. The van der Waals surface area contributed by atoms with Crippen molar-refractivity contribution in [2.45, 2.75) is 6.92 Å². The van der Waals surface area contributed by atoms with Gasteiger partial charge in [-0.15, -0.1) is 0 Å². The minimum atomic E-state index is -0.635. The van der Waals surface area contributed by atoms with Gasteiger partial charge in [-0.1, -0.05) is 42.5 Å². The maximum Gasteiger partial charge on any atom is 0.346 e. The van der Waals surface area contributed by atoms with E-state index >= 15 is 0 Å². The van der Waals surface area contributed by atoms with Crippen LogP contribution in [0.5, 0.6) is 0 Å². The molecule has 0 saturated carbocycles. The van der Waals surface area contributed by atoms with Crippen molar-refractivity contribution in [3.8, 4) is 11.1 Å². The number of aryl methyl sites for hydroxylation is 1. The fourth-order valence-corrected chi connectivity index (χ4v) is 1.88. The fraction of sp³-hybridized carbons (Fsp3) is 0.0667. The highest BCUT2D eigenvalue weighted by molar-refractivity contribution is 6.00. The molecule has 0 saturated heterocycles. The Labute approximate surface area is 105 Å². The van der Waals surface area contributed by atoms with Crippen molar-refractivity contribution in [3.63, 3.8) is 0 Å². The topological polar surface area (TPSA) is 43.4 Å². The lowest BCUT2D eigenvalue weighted by atomic mass is 9.96. The molecule has 0 spiro atoms. The van der Waals surface area contributed by atoms with Crippen molar-refractivity contribution in [2.24, 2.45) is 0 Å². The van der Waals surface area contributed by atoms with Crippen molar-refractivity contribution in [1.82, 2.24) is 0 Å². The number of hydrogen-bond acceptors (Lipinski definition) is 3. The van der Waals surface area contributed by atoms with E-state index < -0.39 is 5.97 Å². The molecule has 0 aliphatic carbocycles. The highest BCUT2D eigenvalue weighted by Crippen LogP contribution is 2.26. The van der Waals surface area contributed by atoms with E-state index in [-0.39, 0.29) is 6.47 Å². The van der Waals surface area contributed by atoms with Gasteiger partial charge in [0.15, 0.2) is 0 Å². The molecule has 2 rings (SSSR count). The summed E-state index contributed by atoms with van der Waals surface area (Å²) in [5.41, 5.74) is 3.17. The highest BCUT2D eigenvalue weighted by Gasteiger charge is 2.14. The summed E-state index contributed by atoms with van der Waals surface area (Å²) in [5.74, 6) is -0.635. The molecule has 0 bridgehead atoms. The Morgan fingerprint density at radius 1 is 1.00 bits per heavy atom. The number of benzene rings is 2. The van der Waals surface area contributed by atoms with Crippen LogP contribution in [0, 0.1) is 6.92 Å². The van der Waals surface area contributed by atoms with Gasteiger partial charge in [0.1, 0.15) is 0 Å². The molecule has 3 nitrogen and oxygen atoms in total. The molecule has 0 radical (unpaired) electrons. The zero-order chi connectivity index (χ0) is 13.0. The standard InChI is InChI=1S/C15H12O3/c1-11-6-2-3-7-12(11)13-8-4-5-9-14(13)15(17)18-10-16/h2-10H,1H3. The first-order chi connectivity index (χ1) is 8.74. The smallest absolute Gasteiger partial charge is 0.346 e. The highest BCUT2D eigenvalue weighted by atomic mass is 16.6. The van der Waals surface area contributed by atoms with E-state index in [0.717, 1.165) is 16.7 Å². The van der Waals surface area contributed by atoms with Gasteiger partial charge in [-0.05, 0) is 29.7 Å². The summed E-state index contributed by atoms with van der Waals surface area (Å²) in [6.45, 7) is 2.12. The van der Waals surface area contributed by atoms with E-state index in [1.165, 1.54) is 0 Å². The van der Waals surface area contributed by atoms with Crippen LogP contribution in [0.1, 0.15) is 15.9 Å². The number of rotatable bonds is 3. The van der Waals surface area contributed by atoms with Gasteiger partial charge in [0, 0.05) is 0 Å². The Hall–Kier alpha value is -2.42. The van der Waals surface area contributed by atoms with Gasteiger partial charge >= 0.3 is 12.4 Å². The molecule has 0 heterocycles. The third kappa shape index (κ3) is 2.30. The molecule has 0 fully saturated rings. The molecule has 2 aromatic rings. The zero-order valence-electron chi connectivity index (χ0n) is 9.92. The van der Waals surface area contributed by atoms with Crippen LogP contribution in [0.25, 0.3) is 11.1 Å². The van der Waals surface area contributed by atoms with Gasteiger partial charge in [0.25, 0.3) is 0 Å². The second-order valence-corrected chi connectivity index (χ2v) is 3.86. The zero-order valence-corrected chi connectivity index (χ0v) is 9.92. The molecule has 0 unspecified atom stereocenters. The number of ether oxygens (including phenoxy) is 1. The largest absolute Gasteiger partial charge is 0.392 e. The third-order valence-corrected chi connectivity index (χ3v) is 2.74.